The molecule has 0 atom stereocenters. The smallest absolute Gasteiger partial charge is 0.0566 e. The predicted molar refractivity (Wildman–Crippen MR) is 66.7 cm³/mol. The van der Waals surface area contributed by atoms with Crippen LogP contribution in [-0.2, 0) is 0 Å². The maximum Gasteiger partial charge on any atom is 0.0566 e. The van der Waals surface area contributed by atoms with Crippen LogP contribution in [0, 0.1) is 0 Å². The van der Waals surface area contributed by atoms with Crippen LogP contribution in [-0.4, -0.2) is 50.4 Å². The molecule has 0 unspecified atom stereocenters. The van der Waals surface area contributed by atoms with Crippen molar-refractivity contribution in [3.8, 4) is 0 Å². The fourth-order valence-corrected chi connectivity index (χ4v) is 1.65. The van der Waals surface area contributed by atoms with Crippen molar-refractivity contribution in [3.05, 3.63) is 12.2 Å². The first-order valence-corrected chi connectivity index (χ1v) is 6.00. The molecular weight excluding hydrogens is 186 g/mol. The van der Waals surface area contributed by atoms with E-state index in [1.165, 1.54) is 26.1 Å². The standard InChI is InChI=1S/C12H23N3/c1-2-6-13-7-3-4-10-15-11-5-8-14-9-12-15/h3-4,6,14H,2,5,7-12H2,1H3/b4-3-,13-6?. The van der Waals surface area contributed by atoms with Gasteiger partial charge in [-0.05, 0) is 32.1 Å². The van der Waals surface area contributed by atoms with E-state index in [-0.39, 0.29) is 0 Å². The van der Waals surface area contributed by atoms with Crippen LogP contribution in [0.4, 0.5) is 0 Å². The molecule has 0 spiro atoms. The minimum absolute atomic E-state index is 0.833. The van der Waals surface area contributed by atoms with Crippen molar-refractivity contribution in [2.45, 2.75) is 19.8 Å². The first-order valence-electron chi connectivity index (χ1n) is 6.00. The van der Waals surface area contributed by atoms with Crippen LogP contribution in [0.15, 0.2) is 17.1 Å². The first-order chi connectivity index (χ1) is 7.43. The fourth-order valence-electron chi connectivity index (χ4n) is 1.65. The SMILES string of the molecule is CCC=NC/C=C\CN1CCCNCC1. The largest absolute Gasteiger partial charge is 0.315 e. The van der Waals surface area contributed by atoms with Crippen LogP contribution in [0.25, 0.3) is 0 Å². The van der Waals surface area contributed by atoms with Gasteiger partial charge in [-0.15, -0.1) is 0 Å². The molecule has 0 aromatic heterocycles. The van der Waals surface area contributed by atoms with Crippen molar-refractivity contribution < 1.29 is 0 Å². The van der Waals surface area contributed by atoms with Gasteiger partial charge in [0.25, 0.3) is 0 Å². The molecule has 1 N–H and O–H groups in total. The van der Waals surface area contributed by atoms with Gasteiger partial charge in [-0.2, -0.15) is 0 Å². The lowest BCUT2D eigenvalue weighted by Crippen LogP contribution is -2.28. The third-order valence-corrected chi connectivity index (χ3v) is 2.49. The summed E-state index contributed by atoms with van der Waals surface area (Å²) in [7, 11) is 0. The van der Waals surface area contributed by atoms with Crippen LogP contribution in [0.2, 0.25) is 0 Å². The van der Waals surface area contributed by atoms with Crippen molar-refractivity contribution in [2.75, 3.05) is 39.3 Å². The summed E-state index contributed by atoms with van der Waals surface area (Å²) in [5.41, 5.74) is 0. The first kappa shape index (κ1) is 12.4. The Morgan fingerprint density at radius 2 is 2.20 bits per heavy atom. The van der Waals surface area contributed by atoms with Gasteiger partial charge in [-0.1, -0.05) is 19.1 Å². The number of hydrogen-bond acceptors (Lipinski definition) is 3. The minimum atomic E-state index is 0.833. The Balaban J connectivity index is 2.09. The average molecular weight is 209 g/mol. The van der Waals surface area contributed by atoms with Crippen LogP contribution < -0.4 is 5.32 Å². The van der Waals surface area contributed by atoms with E-state index in [0.29, 0.717) is 0 Å². The topological polar surface area (TPSA) is 27.6 Å². The molecule has 0 aromatic rings. The molecular formula is C12H23N3. The van der Waals surface area contributed by atoms with Crippen LogP contribution >= 0.6 is 0 Å². The minimum Gasteiger partial charge on any atom is -0.315 e. The Bertz CT molecular complexity index is 191. The summed E-state index contributed by atoms with van der Waals surface area (Å²) in [4.78, 5) is 6.73. The maximum atomic E-state index is 4.25. The summed E-state index contributed by atoms with van der Waals surface area (Å²) in [6, 6.07) is 0. The van der Waals surface area contributed by atoms with Gasteiger partial charge in [-0.3, -0.25) is 9.89 Å². The lowest BCUT2D eigenvalue weighted by atomic mass is 10.3. The lowest BCUT2D eigenvalue weighted by molar-refractivity contribution is 0.324. The highest BCUT2D eigenvalue weighted by atomic mass is 15.1. The third kappa shape index (κ3) is 6.42. The summed E-state index contributed by atoms with van der Waals surface area (Å²) in [6.45, 7) is 8.70. The zero-order valence-corrected chi connectivity index (χ0v) is 9.78. The molecule has 1 fully saturated rings. The second-order valence-electron chi connectivity index (χ2n) is 3.83. The van der Waals surface area contributed by atoms with Crippen LogP contribution in [0.5, 0.6) is 0 Å². The predicted octanol–water partition coefficient (Wildman–Crippen LogP) is 1.32. The zero-order valence-electron chi connectivity index (χ0n) is 9.78. The molecule has 0 radical (unpaired) electrons. The van der Waals surface area contributed by atoms with E-state index in [2.05, 4.69) is 34.3 Å². The van der Waals surface area contributed by atoms with E-state index < -0.39 is 0 Å². The molecule has 1 aliphatic heterocycles. The van der Waals surface area contributed by atoms with E-state index in [1.54, 1.807) is 0 Å². The number of aliphatic imine (C=N–C) groups is 1. The lowest BCUT2D eigenvalue weighted by Gasteiger charge is -2.16. The van der Waals surface area contributed by atoms with Gasteiger partial charge in [0.2, 0.25) is 0 Å². The van der Waals surface area contributed by atoms with Crippen LogP contribution in [0.1, 0.15) is 19.8 Å². The van der Waals surface area contributed by atoms with E-state index in [4.69, 9.17) is 0 Å². The molecule has 0 amide bonds. The monoisotopic (exact) mass is 209 g/mol. The molecule has 1 heterocycles. The van der Waals surface area contributed by atoms with Gasteiger partial charge >= 0.3 is 0 Å². The third-order valence-electron chi connectivity index (χ3n) is 2.49. The molecule has 15 heavy (non-hydrogen) atoms. The van der Waals surface area contributed by atoms with Crippen molar-refractivity contribution in [1.82, 2.24) is 10.2 Å². The zero-order chi connectivity index (χ0) is 10.8. The second-order valence-corrected chi connectivity index (χ2v) is 3.83. The second kappa shape index (κ2) is 8.62. The van der Waals surface area contributed by atoms with Crippen molar-refractivity contribution in [3.63, 3.8) is 0 Å². The fraction of sp³-hybridized carbons (Fsp3) is 0.750. The van der Waals surface area contributed by atoms with E-state index in [0.717, 1.165) is 26.1 Å². The summed E-state index contributed by atoms with van der Waals surface area (Å²) in [5.74, 6) is 0. The van der Waals surface area contributed by atoms with Crippen molar-refractivity contribution in [1.29, 1.82) is 0 Å². The summed E-state index contributed by atoms with van der Waals surface area (Å²) >= 11 is 0. The Kier molecular flexibility index (Phi) is 7.13. The highest BCUT2D eigenvalue weighted by molar-refractivity contribution is 5.56. The summed E-state index contributed by atoms with van der Waals surface area (Å²) < 4.78 is 0. The Morgan fingerprint density at radius 1 is 1.27 bits per heavy atom. The van der Waals surface area contributed by atoms with Crippen molar-refractivity contribution >= 4 is 6.21 Å². The summed E-state index contributed by atoms with van der Waals surface area (Å²) in [6.07, 6.45) is 8.66. The molecule has 0 bridgehead atoms. The Morgan fingerprint density at radius 3 is 3.07 bits per heavy atom. The van der Waals surface area contributed by atoms with E-state index in [1.807, 2.05) is 6.21 Å². The van der Waals surface area contributed by atoms with Crippen molar-refractivity contribution in [2.24, 2.45) is 4.99 Å². The van der Waals surface area contributed by atoms with Gasteiger partial charge in [0.1, 0.15) is 0 Å². The van der Waals surface area contributed by atoms with E-state index in [9.17, 15) is 0 Å². The Hall–Kier alpha value is -0.670. The quantitative estimate of drug-likeness (QED) is 0.546. The Labute approximate surface area is 93.3 Å². The van der Waals surface area contributed by atoms with Gasteiger partial charge < -0.3 is 5.32 Å². The molecule has 3 heteroatoms. The highest BCUT2D eigenvalue weighted by Crippen LogP contribution is 1.95. The molecule has 86 valence electrons. The van der Waals surface area contributed by atoms with Gasteiger partial charge in [0.15, 0.2) is 0 Å². The number of hydrogen-bond donors (Lipinski definition) is 1. The van der Waals surface area contributed by atoms with Gasteiger partial charge in [-0.25, -0.2) is 0 Å². The molecule has 1 rings (SSSR count). The van der Waals surface area contributed by atoms with Gasteiger partial charge in [0.05, 0.1) is 6.54 Å². The average Bonchev–Trinajstić information content (AvgIpc) is 2.52. The summed E-state index contributed by atoms with van der Waals surface area (Å²) in [5, 5.41) is 3.41. The normalized spacial score (nSPS) is 20.1. The van der Waals surface area contributed by atoms with Crippen LogP contribution in [0.3, 0.4) is 0 Å². The van der Waals surface area contributed by atoms with E-state index >= 15 is 0 Å². The molecule has 3 nitrogen and oxygen atoms in total. The molecule has 0 aliphatic carbocycles. The van der Waals surface area contributed by atoms with Gasteiger partial charge in [0, 0.05) is 19.6 Å². The molecule has 0 aromatic carbocycles. The number of rotatable bonds is 5. The molecule has 1 saturated heterocycles. The maximum absolute atomic E-state index is 4.25. The highest BCUT2D eigenvalue weighted by Gasteiger charge is 2.05. The number of nitrogens with one attached hydrogen (secondary N) is 1. The molecule has 0 saturated carbocycles. The number of nitrogens with zero attached hydrogens (tertiary/aromatic N) is 2. The molecule has 1 aliphatic rings.